The van der Waals surface area contributed by atoms with Crippen LogP contribution in [-0.2, 0) is 15.9 Å². The number of unbranched alkanes of at least 4 members (excludes halogenated alkanes) is 2. The third-order valence-corrected chi connectivity index (χ3v) is 6.68. The molecule has 0 aromatic heterocycles. The average molecular weight is 550 g/mol. The van der Waals surface area contributed by atoms with E-state index in [1.165, 1.54) is 6.20 Å². The molecule has 214 valence electrons. The normalized spacial score (nSPS) is 20.4. The van der Waals surface area contributed by atoms with Crippen molar-refractivity contribution in [1.29, 1.82) is 0 Å². The zero-order valence-corrected chi connectivity index (χ0v) is 23.2. The number of cyclic esters (lactones) is 1. The molecule has 0 saturated carbocycles. The van der Waals surface area contributed by atoms with Gasteiger partial charge >= 0.3 is 18.0 Å². The van der Waals surface area contributed by atoms with Crippen molar-refractivity contribution >= 4 is 18.0 Å². The van der Waals surface area contributed by atoms with Crippen LogP contribution in [0.1, 0.15) is 78.7 Å². The van der Waals surface area contributed by atoms with E-state index in [9.17, 15) is 19.5 Å². The van der Waals surface area contributed by atoms with Crippen molar-refractivity contribution in [2.24, 2.45) is 5.92 Å². The number of carbonyl (C=O) groups excluding carboxylic acids is 3. The van der Waals surface area contributed by atoms with Gasteiger partial charge in [0.05, 0.1) is 18.3 Å². The molecule has 0 spiro atoms. The number of ether oxygens (including phenoxy) is 3. The topological polar surface area (TPSA) is 111 Å². The number of hydrogen-bond acceptors (Lipinski definition) is 7. The van der Waals surface area contributed by atoms with Crippen molar-refractivity contribution in [2.45, 2.75) is 71.0 Å². The largest absolute Gasteiger partial charge is 0.458 e. The second-order valence-electron chi connectivity index (χ2n) is 9.89. The van der Waals surface area contributed by atoms with Crippen LogP contribution < -0.4 is 10.1 Å². The summed E-state index contributed by atoms with van der Waals surface area (Å²) >= 11 is 0. The molecule has 40 heavy (non-hydrogen) atoms. The van der Waals surface area contributed by atoms with E-state index in [2.05, 4.69) is 12.2 Å². The van der Waals surface area contributed by atoms with Gasteiger partial charge in [0.1, 0.15) is 17.4 Å². The van der Waals surface area contributed by atoms with Gasteiger partial charge in [0.15, 0.2) is 0 Å². The minimum atomic E-state index is -0.711. The van der Waals surface area contributed by atoms with E-state index in [0.717, 1.165) is 19.3 Å². The predicted octanol–water partition coefficient (Wildman–Crippen LogP) is 6.14. The van der Waals surface area contributed by atoms with Crippen LogP contribution in [0, 0.1) is 5.92 Å². The Morgan fingerprint density at radius 3 is 2.67 bits per heavy atom. The van der Waals surface area contributed by atoms with Crippen LogP contribution in [0.2, 0.25) is 0 Å². The summed E-state index contributed by atoms with van der Waals surface area (Å²) in [5.74, 6) is -1.17. The highest BCUT2D eigenvalue weighted by Gasteiger charge is 2.27. The van der Waals surface area contributed by atoms with Gasteiger partial charge in [-0.1, -0.05) is 75.2 Å². The molecule has 0 saturated heterocycles. The van der Waals surface area contributed by atoms with Gasteiger partial charge in [-0.25, -0.2) is 14.4 Å². The number of carbonyl (C=O) groups is 3. The van der Waals surface area contributed by atoms with Crippen LogP contribution in [0.4, 0.5) is 4.79 Å². The fourth-order valence-electron chi connectivity index (χ4n) is 4.28. The quantitative estimate of drug-likeness (QED) is 0.167. The molecule has 2 aromatic carbocycles. The number of esters is 2. The monoisotopic (exact) mass is 549 g/mol. The van der Waals surface area contributed by atoms with Gasteiger partial charge in [0.25, 0.3) is 0 Å². The molecular weight excluding hydrogens is 510 g/mol. The Bertz CT molecular complexity index is 1180. The SMILES string of the molecule is CCCCCOC(=O)N/C=C/CC1C[C@@H](O)[C@@H](C)C/C=C/Cc2cccc(OC(=O)c3ccccc3)c2C(=O)O1. The standard InChI is InChI=1S/C32H39NO7/c1-3-4-10-21-38-32(37)33-20-12-18-26-22-27(34)23(2)13-8-9-14-24-17-11-19-28(29(24)31(36)39-26)40-30(35)25-15-6-5-7-16-25/h5-9,11-12,15-17,19-20,23,26-27,34H,3-4,10,13-14,18,21-22H2,1-2H3,(H,33,37)/b9-8+,20-12+/t23-,26?,27+/m0/s1. The van der Waals surface area contributed by atoms with Crippen molar-refractivity contribution in [3.8, 4) is 5.75 Å². The Kier molecular flexibility index (Phi) is 12.4. The van der Waals surface area contributed by atoms with Crippen LogP contribution in [0.3, 0.4) is 0 Å². The summed E-state index contributed by atoms with van der Waals surface area (Å²) in [6.07, 6.45) is 9.46. The summed E-state index contributed by atoms with van der Waals surface area (Å²) in [6.45, 7) is 4.37. The molecule has 1 unspecified atom stereocenters. The van der Waals surface area contributed by atoms with Crippen LogP contribution in [0.5, 0.6) is 5.75 Å². The molecule has 0 bridgehead atoms. The number of alkyl carbamates (subject to hydrolysis) is 1. The lowest BCUT2D eigenvalue weighted by Crippen LogP contribution is -2.28. The molecule has 1 aliphatic heterocycles. The maximum atomic E-state index is 13.5. The maximum absolute atomic E-state index is 13.5. The first-order valence-electron chi connectivity index (χ1n) is 13.9. The molecule has 1 amide bonds. The number of amides is 1. The van der Waals surface area contributed by atoms with E-state index in [0.29, 0.717) is 30.6 Å². The highest BCUT2D eigenvalue weighted by Crippen LogP contribution is 2.28. The third-order valence-electron chi connectivity index (χ3n) is 6.68. The van der Waals surface area contributed by atoms with Gasteiger partial charge in [-0.3, -0.25) is 5.32 Å². The number of benzene rings is 2. The summed E-state index contributed by atoms with van der Waals surface area (Å²) in [7, 11) is 0. The lowest BCUT2D eigenvalue weighted by molar-refractivity contribution is 0.00678. The zero-order valence-electron chi connectivity index (χ0n) is 23.2. The molecule has 8 nitrogen and oxygen atoms in total. The van der Waals surface area contributed by atoms with Crippen molar-refractivity contribution in [2.75, 3.05) is 6.61 Å². The van der Waals surface area contributed by atoms with Gasteiger partial charge in [-0.05, 0) is 48.9 Å². The van der Waals surface area contributed by atoms with Gasteiger partial charge in [0, 0.05) is 19.0 Å². The van der Waals surface area contributed by atoms with E-state index in [1.807, 2.05) is 19.1 Å². The number of aliphatic hydroxyl groups is 1. The predicted molar refractivity (Wildman–Crippen MR) is 152 cm³/mol. The molecule has 2 aromatic rings. The highest BCUT2D eigenvalue weighted by atomic mass is 16.6. The Hall–Kier alpha value is -3.91. The van der Waals surface area contributed by atoms with Crippen LogP contribution in [0.15, 0.2) is 73.0 Å². The lowest BCUT2D eigenvalue weighted by Gasteiger charge is -2.25. The van der Waals surface area contributed by atoms with Gasteiger partial charge in [-0.15, -0.1) is 0 Å². The minimum absolute atomic E-state index is 0.0466. The summed E-state index contributed by atoms with van der Waals surface area (Å²) in [5, 5.41) is 13.3. The first-order valence-corrected chi connectivity index (χ1v) is 13.9. The van der Waals surface area contributed by atoms with E-state index < -0.39 is 30.2 Å². The van der Waals surface area contributed by atoms with Crippen molar-refractivity contribution < 1.29 is 33.7 Å². The molecule has 0 aliphatic carbocycles. The third kappa shape index (κ3) is 9.68. The molecule has 0 radical (unpaired) electrons. The van der Waals surface area contributed by atoms with Crippen molar-refractivity contribution in [3.05, 3.63) is 89.6 Å². The van der Waals surface area contributed by atoms with Crippen LogP contribution in [0.25, 0.3) is 0 Å². The number of rotatable bonds is 9. The second kappa shape index (κ2) is 16.3. The molecule has 0 fully saturated rings. The van der Waals surface area contributed by atoms with Crippen LogP contribution in [-0.4, -0.2) is 42.0 Å². The molecule has 3 rings (SSSR count). The number of allylic oxidation sites excluding steroid dienone is 2. The Morgan fingerprint density at radius 2 is 1.90 bits per heavy atom. The lowest BCUT2D eigenvalue weighted by atomic mass is 9.93. The van der Waals surface area contributed by atoms with E-state index in [1.54, 1.807) is 54.6 Å². The summed E-state index contributed by atoms with van der Waals surface area (Å²) in [5.41, 5.74) is 1.19. The summed E-state index contributed by atoms with van der Waals surface area (Å²) in [6, 6.07) is 13.6. The number of hydrogen-bond donors (Lipinski definition) is 2. The van der Waals surface area contributed by atoms with Crippen LogP contribution >= 0.6 is 0 Å². The summed E-state index contributed by atoms with van der Waals surface area (Å²) < 4.78 is 16.7. The van der Waals surface area contributed by atoms with Crippen molar-refractivity contribution in [3.63, 3.8) is 0 Å². The second-order valence-corrected chi connectivity index (χ2v) is 9.89. The summed E-state index contributed by atoms with van der Waals surface area (Å²) in [4.78, 5) is 38.2. The van der Waals surface area contributed by atoms with E-state index >= 15 is 0 Å². The molecule has 8 heteroatoms. The maximum Gasteiger partial charge on any atom is 0.411 e. The van der Waals surface area contributed by atoms with E-state index in [4.69, 9.17) is 14.2 Å². The van der Waals surface area contributed by atoms with Crippen molar-refractivity contribution in [1.82, 2.24) is 5.32 Å². The van der Waals surface area contributed by atoms with Gasteiger partial charge in [0.2, 0.25) is 0 Å². The highest BCUT2D eigenvalue weighted by molar-refractivity contribution is 5.97. The first-order chi connectivity index (χ1) is 19.4. The molecule has 1 heterocycles. The molecular formula is C32H39NO7. The Balaban J connectivity index is 1.78. The Morgan fingerprint density at radius 1 is 1.10 bits per heavy atom. The first kappa shape index (κ1) is 30.6. The Labute approximate surface area is 236 Å². The molecule has 3 atom stereocenters. The smallest absolute Gasteiger partial charge is 0.411 e. The van der Waals surface area contributed by atoms with Gasteiger partial charge < -0.3 is 19.3 Å². The zero-order chi connectivity index (χ0) is 28.7. The molecule has 2 N–H and O–H groups in total. The van der Waals surface area contributed by atoms with E-state index in [-0.39, 0.29) is 30.1 Å². The minimum Gasteiger partial charge on any atom is -0.458 e. The fraction of sp³-hybridized carbons (Fsp3) is 0.406. The van der Waals surface area contributed by atoms with Gasteiger partial charge in [-0.2, -0.15) is 0 Å². The number of aliphatic hydroxyl groups excluding tert-OH is 1. The average Bonchev–Trinajstić information content (AvgIpc) is 2.95. The number of nitrogens with one attached hydrogen (secondary N) is 1. The fourth-order valence-corrected chi connectivity index (χ4v) is 4.28. The molecule has 1 aliphatic rings. The number of fused-ring (bicyclic) bond motifs is 1.